The summed E-state index contributed by atoms with van der Waals surface area (Å²) in [4.78, 5) is 17.9. The third-order valence-corrected chi connectivity index (χ3v) is 6.95. The smallest absolute Gasteiger partial charge is 0.243 e. The zero-order chi connectivity index (χ0) is 19.3. The topological polar surface area (TPSA) is 32.8 Å². The van der Waals surface area contributed by atoms with E-state index in [4.69, 9.17) is 4.74 Å². The summed E-state index contributed by atoms with van der Waals surface area (Å²) in [6, 6.07) is 14.9. The highest BCUT2D eigenvalue weighted by Crippen LogP contribution is 2.56. The molecule has 0 aromatic heterocycles. The molecule has 3 fully saturated rings. The SMILES string of the molecule is COc1ccccc1CN1C[C@@H]2C[C@@H](c3ccccc3F)N3CCC[C@@]23C1=O. The largest absolute Gasteiger partial charge is 0.496 e. The molecule has 146 valence electrons. The van der Waals surface area contributed by atoms with Crippen molar-refractivity contribution in [1.29, 1.82) is 0 Å². The number of halogens is 1. The van der Waals surface area contributed by atoms with Crippen LogP contribution in [0.2, 0.25) is 0 Å². The normalized spacial score (nSPS) is 29.2. The summed E-state index contributed by atoms with van der Waals surface area (Å²) in [5.41, 5.74) is 1.32. The van der Waals surface area contributed by atoms with E-state index >= 15 is 0 Å². The number of carbonyl (C=O) groups excluding carboxylic acids is 1. The first kappa shape index (κ1) is 17.7. The van der Waals surface area contributed by atoms with Crippen LogP contribution in [0.4, 0.5) is 4.39 Å². The molecule has 5 heteroatoms. The van der Waals surface area contributed by atoms with Gasteiger partial charge >= 0.3 is 0 Å². The summed E-state index contributed by atoms with van der Waals surface area (Å²) in [6.45, 7) is 2.17. The Morgan fingerprint density at radius 1 is 1.18 bits per heavy atom. The minimum absolute atomic E-state index is 0.00561. The van der Waals surface area contributed by atoms with E-state index in [-0.39, 0.29) is 23.7 Å². The lowest BCUT2D eigenvalue weighted by Crippen LogP contribution is -2.49. The summed E-state index contributed by atoms with van der Waals surface area (Å²) in [6.07, 6.45) is 2.72. The number of hydrogen-bond acceptors (Lipinski definition) is 3. The van der Waals surface area contributed by atoms with E-state index < -0.39 is 5.54 Å². The molecule has 1 spiro atoms. The number of benzene rings is 2. The van der Waals surface area contributed by atoms with E-state index in [0.29, 0.717) is 6.54 Å². The highest BCUT2D eigenvalue weighted by molar-refractivity contribution is 5.90. The quantitative estimate of drug-likeness (QED) is 0.809. The van der Waals surface area contributed by atoms with Crippen LogP contribution in [0.3, 0.4) is 0 Å². The summed E-state index contributed by atoms with van der Waals surface area (Å²) in [5, 5.41) is 0. The summed E-state index contributed by atoms with van der Waals surface area (Å²) in [7, 11) is 1.66. The Hall–Kier alpha value is -2.40. The van der Waals surface area contributed by atoms with Crippen LogP contribution >= 0.6 is 0 Å². The van der Waals surface area contributed by atoms with Crippen molar-refractivity contribution in [3.63, 3.8) is 0 Å². The van der Waals surface area contributed by atoms with Crippen LogP contribution in [0.25, 0.3) is 0 Å². The Balaban J connectivity index is 1.44. The van der Waals surface area contributed by atoms with Crippen LogP contribution in [0.15, 0.2) is 48.5 Å². The third-order valence-electron chi connectivity index (χ3n) is 6.95. The Morgan fingerprint density at radius 3 is 2.79 bits per heavy atom. The van der Waals surface area contributed by atoms with Crippen LogP contribution in [-0.4, -0.2) is 41.4 Å². The van der Waals surface area contributed by atoms with Crippen molar-refractivity contribution in [2.45, 2.75) is 37.4 Å². The number of rotatable bonds is 4. The van der Waals surface area contributed by atoms with Gasteiger partial charge in [0, 0.05) is 36.2 Å². The zero-order valence-corrected chi connectivity index (χ0v) is 16.1. The molecule has 0 saturated carbocycles. The van der Waals surface area contributed by atoms with E-state index in [2.05, 4.69) is 4.90 Å². The van der Waals surface area contributed by atoms with Crippen molar-refractivity contribution in [1.82, 2.24) is 9.80 Å². The van der Waals surface area contributed by atoms with Crippen molar-refractivity contribution in [3.05, 3.63) is 65.5 Å². The molecule has 3 aliphatic rings. The van der Waals surface area contributed by atoms with Crippen molar-refractivity contribution in [3.8, 4) is 5.75 Å². The van der Waals surface area contributed by atoms with Gasteiger partial charge in [-0.15, -0.1) is 0 Å². The Labute approximate surface area is 164 Å². The lowest BCUT2D eigenvalue weighted by Gasteiger charge is -2.33. The maximum atomic E-state index is 14.5. The molecule has 28 heavy (non-hydrogen) atoms. The molecule has 0 aliphatic carbocycles. The van der Waals surface area contributed by atoms with Gasteiger partial charge in [-0.1, -0.05) is 36.4 Å². The van der Waals surface area contributed by atoms with Crippen LogP contribution < -0.4 is 4.74 Å². The first-order chi connectivity index (χ1) is 13.6. The van der Waals surface area contributed by atoms with Gasteiger partial charge in [0.15, 0.2) is 0 Å². The molecular formula is C23H25FN2O2. The first-order valence-electron chi connectivity index (χ1n) is 10.1. The maximum absolute atomic E-state index is 14.5. The van der Waals surface area contributed by atoms with Crippen molar-refractivity contribution in [2.24, 2.45) is 5.92 Å². The molecule has 3 heterocycles. The van der Waals surface area contributed by atoms with E-state index in [1.54, 1.807) is 13.2 Å². The second kappa shape index (κ2) is 6.59. The fraction of sp³-hybridized carbons (Fsp3) is 0.435. The zero-order valence-electron chi connectivity index (χ0n) is 16.1. The van der Waals surface area contributed by atoms with Crippen LogP contribution in [0, 0.1) is 11.7 Å². The van der Waals surface area contributed by atoms with Gasteiger partial charge in [0.05, 0.1) is 7.11 Å². The second-order valence-electron chi connectivity index (χ2n) is 8.19. The van der Waals surface area contributed by atoms with E-state index in [9.17, 15) is 9.18 Å². The van der Waals surface area contributed by atoms with Crippen LogP contribution in [0.5, 0.6) is 5.75 Å². The molecule has 3 saturated heterocycles. The molecule has 3 atom stereocenters. The highest BCUT2D eigenvalue weighted by Gasteiger charge is 2.65. The monoisotopic (exact) mass is 380 g/mol. The minimum Gasteiger partial charge on any atom is -0.496 e. The molecule has 5 rings (SSSR count). The number of ether oxygens (including phenoxy) is 1. The number of carbonyl (C=O) groups is 1. The van der Waals surface area contributed by atoms with Crippen LogP contribution in [0.1, 0.15) is 36.4 Å². The minimum atomic E-state index is -0.449. The van der Waals surface area contributed by atoms with Crippen LogP contribution in [-0.2, 0) is 11.3 Å². The summed E-state index contributed by atoms with van der Waals surface area (Å²) >= 11 is 0. The number of methoxy groups -OCH3 is 1. The molecule has 0 bridgehead atoms. The molecule has 2 aromatic rings. The lowest BCUT2D eigenvalue weighted by atomic mass is 9.85. The number of likely N-dealkylation sites (tertiary alicyclic amines) is 1. The molecule has 2 aromatic carbocycles. The van der Waals surface area contributed by atoms with Gasteiger partial charge in [-0.2, -0.15) is 0 Å². The van der Waals surface area contributed by atoms with Crippen molar-refractivity contribution < 1.29 is 13.9 Å². The maximum Gasteiger partial charge on any atom is 0.243 e. The van der Waals surface area contributed by atoms with E-state index in [1.807, 2.05) is 41.3 Å². The number of hydrogen-bond donors (Lipinski definition) is 0. The average Bonchev–Trinajstić information content (AvgIpc) is 3.34. The highest BCUT2D eigenvalue weighted by atomic mass is 19.1. The van der Waals surface area contributed by atoms with E-state index in [0.717, 1.165) is 49.2 Å². The fourth-order valence-electron chi connectivity index (χ4n) is 5.79. The van der Waals surface area contributed by atoms with Gasteiger partial charge in [0.1, 0.15) is 17.1 Å². The molecule has 1 amide bonds. The predicted octanol–water partition coefficient (Wildman–Crippen LogP) is 3.77. The van der Waals surface area contributed by atoms with Gasteiger partial charge in [-0.05, 0) is 37.9 Å². The number of amides is 1. The van der Waals surface area contributed by atoms with Gasteiger partial charge in [0.2, 0.25) is 5.91 Å². The van der Waals surface area contributed by atoms with Gasteiger partial charge in [0.25, 0.3) is 0 Å². The molecule has 3 aliphatic heterocycles. The van der Waals surface area contributed by atoms with Crippen molar-refractivity contribution in [2.75, 3.05) is 20.2 Å². The Kier molecular flexibility index (Phi) is 4.16. The third kappa shape index (κ3) is 2.42. The standard InChI is InChI=1S/C23H25FN2O2/c1-28-21-10-5-2-7-16(21)14-25-15-17-13-20(18-8-3-4-9-19(18)24)26-12-6-11-23(17,26)22(25)27/h2-5,7-10,17,20H,6,11-15H2,1H3/t17-,20-,23-/m0/s1. The first-order valence-corrected chi connectivity index (χ1v) is 10.1. The number of para-hydroxylation sites is 1. The molecule has 0 unspecified atom stereocenters. The average molecular weight is 380 g/mol. The van der Waals surface area contributed by atoms with E-state index in [1.165, 1.54) is 6.07 Å². The summed E-state index contributed by atoms with van der Waals surface area (Å²) in [5.74, 6) is 1.12. The Morgan fingerprint density at radius 2 is 1.96 bits per heavy atom. The molecule has 4 nitrogen and oxygen atoms in total. The fourth-order valence-corrected chi connectivity index (χ4v) is 5.79. The van der Waals surface area contributed by atoms with Gasteiger partial charge < -0.3 is 9.64 Å². The molecular weight excluding hydrogens is 355 g/mol. The number of nitrogens with zero attached hydrogens (tertiary/aromatic N) is 2. The summed E-state index contributed by atoms with van der Waals surface area (Å²) < 4.78 is 19.9. The predicted molar refractivity (Wildman–Crippen MR) is 104 cm³/mol. The second-order valence-corrected chi connectivity index (χ2v) is 8.19. The lowest BCUT2D eigenvalue weighted by molar-refractivity contribution is -0.137. The van der Waals surface area contributed by atoms with Crippen molar-refractivity contribution >= 4 is 5.91 Å². The van der Waals surface area contributed by atoms with Gasteiger partial charge in [-0.25, -0.2) is 4.39 Å². The Bertz CT molecular complexity index is 917. The molecule has 0 N–H and O–H groups in total. The molecule has 0 radical (unpaired) electrons. The van der Waals surface area contributed by atoms with Gasteiger partial charge in [-0.3, -0.25) is 9.69 Å².